The van der Waals surface area contributed by atoms with E-state index in [-0.39, 0.29) is 23.1 Å². The lowest BCUT2D eigenvalue weighted by molar-refractivity contribution is -0.138. The molecule has 0 radical (unpaired) electrons. The van der Waals surface area contributed by atoms with Crippen molar-refractivity contribution in [1.29, 1.82) is 5.26 Å². The molecule has 3 aromatic carbocycles. The van der Waals surface area contributed by atoms with Crippen LogP contribution in [0.2, 0.25) is 0 Å². The van der Waals surface area contributed by atoms with Crippen LogP contribution in [-0.2, 0) is 19.6 Å². The lowest BCUT2D eigenvalue weighted by Gasteiger charge is -2.39. The number of carbonyl (C=O) groups is 1. The average Bonchev–Trinajstić information content (AvgIpc) is 2.95. The number of benzene rings is 3. The minimum absolute atomic E-state index is 0.0496. The first-order valence-corrected chi connectivity index (χ1v) is 13.9. The maximum Gasteiger partial charge on any atom is 0.350 e. The zero-order chi connectivity index (χ0) is 27.0. The Morgan fingerprint density at radius 3 is 2.00 bits per heavy atom. The van der Waals surface area contributed by atoms with Gasteiger partial charge >= 0.3 is 5.97 Å². The summed E-state index contributed by atoms with van der Waals surface area (Å²) in [6, 6.07) is 28.6. The van der Waals surface area contributed by atoms with Crippen molar-refractivity contribution in [3.05, 3.63) is 108 Å². The van der Waals surface area contributed by atoms with Crippen LogP contribution >= 0.6 is 0 Å². The van der Waals surface area contributed by atoms with E-state index in [4.69, 9.17) is 10.00 Å². The van der Waals surface area contributed by atoms with Gasteiger partial charge in [0.15, 0.2) is 5.57 Å². The van der Waals surface area contributed by atoms with Gasteiger partial charge in [-0.3, -0.25) is 4.90 Å². The number of carbonyl (C=O) groups excluding carboxylic acids is 1. The number of hydrogen-bond donors (Lipinski definition) is 1. The molecule has 0 amide bonds. The summed E-state index contributed by atoms with van der Waals surface area (Å²) >= 11 is 0. The number of piperazine rings is 1. The Labute approximate surface area is 223 Å². The largest absolute Gasteiger partial charge is 0.462 e. The van der Waals surface area contributed by atoms with E-state index in [2.05, 4.69) is 34.5 Å². The number of nitrogens with zero attached hydrogens (tertiary/aromatic N) is 3. The first-order chi connectivity index (χ1) is 18.4. The molecule has 0 atom stereocenters. The highest BCUT2D eigenvalue weighted by Gasteiger charge is 2.32. The molecule has 4 rings (SSSR count). The predicted octanol–water partition coefficient (Wildman–Crippen LogP) is 4.16. The minimum atomic E-state index is -3.68. The van der Waals surface area contributed by atoms with Crippen LogP contribution in [0.15, 0.2) is 102 Å². The molecule has 9 heteroatoms. The van der Waals surface area contributed by atoms with E-state index < -0.39 is 16.0 Å². The molecular weight excluding hydrogens is 500 g/mol. The van der Waals surface area contributed by atoms with Gasteiger partial charge in [0.2, 0.25) is 10.0 Å². The number of anilines is 1. The van der Waals surface area contributed by atoms with E-state index in [1.807, 2.05) is 36.4 Å². The van der Waals surface area contributed by atoms with Crippen molar-refractivity contribution < 1.29 is 17.9 Å². The normalized spacial score (nSPS) is 15.1. The predicted molar refractivity (Wildman–Crippen MR) is 145 cm³/mol. The highest BCUT2D eigenvalue weighted by atomic mass is 32.2. The second-order valence-electron chi connectivity index (χ2n) is 8.72. The quantitative estimate of drug-likeness (QED) is 0.252. The second kappa shape index (κ2) is 12.5. The molecule has 1 aliphatic heterocycles. The van der Waals surface area contributed by atoms with E-state index >= 15 is 0 Å². The van der Waals surface area contributed by atoms with Gasteiger partial charge in [0, 0.05) is 38.1 Å². The highest BCUT2D eigenvalue weighted by Crippen LogP contribution is 2.30. The summed E-state index contributed by atoms with van der Waals surface area (Å²) in [6.45, 7) is 3.78. The second-order valence-corrected chi connectivity index (χ2v) is 10.7. The van der Waals surface area contributed by atoms with Crippen molar-refractivity contribution in [3.63, 3.8) is 0 Å². The topological polar surface area (TPSA) is 103 Å². The minimum Gasteiger partial charge on any atom is -0.462 e. The van der Waals surface area contributed by atoms with Crippen molar-refractivity contribution in [2.75, 3.05) is 38.1 Å². The molecule has 0 aromatic heterocycles. The molecule has 0 unspecified atom stereocenters. The van der Waals surface area contributed by atoms with Crippen molar-refractivity contribution in [2.45, 2.75) is 17.9 Å². The van der Waals surface area contributed by atoms with Crippen LogP contribution in [0.1, 0.15) is 24.1 Å². The maximum absolute atomic E-state index is 13.4. The van der Waals surface area contributed by atoms with Crippen LogP contribution in [0.5, 0.6) is 0 Å². The van der Waals surface area contributed by atoms with Crippen molar-refractivity contribution >= 4 is 21.7 Å². The van der Waals surface area contributed by atoms with Gasteiger partial charge in [0.05, 0.1) is 17.5 Å². The van der Waals surface area contributed by atoms with E-state index in [1.165, 1.54) is 33.8 Å². The van der Waals surface area contributed by atoms with Crippen LogP contribution in [0.25, 0.3) is 0 Å². The molecule has 0 aliphatic carbocycles. The molecule has 38 heavy (non-hydrogen) atoms. The number of nitriles is 1. The fourth-order valence-electron chi connectivity index (χ4n) is 4.46. The average molecular weight is 531 g/mol. The first-order valence-electron chi connectivity index (χ1n) is 12.4. The fourth-order valence-corrected chi connectivity index (χ4v) is 5.88. The third kappa shape index (κ3) is 6.29. The summed E-state index contributed by atoms with van der Waals surface area (Å²) < 4.78 is 33.1. The number of ether oxygens (including phenoxy) is 1. The van der Waals surface area contributed by atoms with Gasteiger partial charge in [0.25, 0.3) is 0 Å². The van der Waals surface area contributed by atoms with Gasteiger partial charge in [-0.25, -0.2) is 13.2 Å². The third-order valence-electron chi connectivity index (χ3n) is 6.36. The van der Waals surface area contributed by atoms with E-state index in [1.54, 1.807) is 25.1 Å². The van der Waals surface area contributed by atoms with Crippen molar-refractivity contribution in [3.8, 4) is 6.07 Å². The van der Waals surface area contributed by atoms with Gasteiger partial charge in [0.1, 0.15) is 6.07 Å². The summed E-state index contributed by atoms with van der Waals surface area (Å²) in [4.78, 5) is 14.3. The van der Waals surface area contributed by atoms with Crippen molar-refractivity contribution in [1.82, 2.24) is 9.21 Å². The third-order valence-corrected chi connectivity index (χ3v) is 8.27. The molecule has 1 N–H and O–H groups in total. The molecule has 1 saturated heterocycles. The summed E-state index contributed by atoms with van der Waals surface area (Å²) in [7, 11) is -3.68. The monoisotopic (exact) mass is 530 g/mol. The number of hydrogen-bond acceptors (Lipinski definition) is 7. The van der Waals surface area contributed by atoms with Gasteiger partial charge in [-0.2, -0.15) is 9.57 Å². The van der Waals surface area contributed by atoms with Crippen LogP contribution < -0.4 is 5.32 Å². The van der Waals surface area contributed by atoms with E-state index in [9.17, 15) is 13.2 Å². The van der Waals surface area contributed by atoms with E-state index in [0.717, 1.165) is 0 Å². The van der Waals surface area contributed by atoms with Crippen molar-refractivity contribution in [2.24, 2.45) is 0 Å². The number of esters is 1. The van der Waals surface area contributed by atoms with Gasteiger partial charge in [-0.15, -0.1) is 0 Å². The molecule has 0 bridgehead atoms. The maximum atomic E-state index is 13.4. The molecular formula is C29H30N4O4S. The molecule has 1 aliphatic rings. The Bertz CT molecular complexity index is 1350. The Hall–Kier alpha value is -3.97. The van der Waals surface area contributed by atoms with Crippen LogP contribution in [0, 0.1) is 11.3 Å². The number of nitrogens with one attached hydrogen (secondary N) is 1. The van der Waals surface area contributed by atoms with E-state index in [0.29, 0.717) is 31.9 Å². The molecule has 0 saturated carbocycles. The SMILES string of the molecule is CCOC(=O)/C(C#N)=C\Nc1ccc(S(=O)(=O)N2CCN(C(c3ccccc3)c3ccccc3)CC2)cc1. The number of rotatable bonds is 9. The molecule has 1 fully saturated rings. The molecule has 1 heterocycles. The lowest BCUT2D eigenvalue weighted by Crippen LogP contribution is -2.49. The summed E-state index contributed by atoms with van der Waals surface area (Å²) in [5.41, 5.74) is 2.72. The van der Waals surface area contributed by atoms with Gasteiger partial charge in [-0.05, 0) is 42.3 Å². The highest BCUT2D eigenvalue weighted by molar-refractivity contribution is 7.89. The van der Waals surface area contributed by atoms with Crippen LogP contribution in [-0.4, -0.2) is 56.4 Å². The summed E-state index contributed by atoms with van der Waals surface area (Å²) in [5.74, 6) is -0.720. The standard InChI is InChI=1S/C29H30N4O4S/c1-2-37-29(34)25(21-30)22-31-26-13-15-27(16-14-26)38(35,36)33-19-17-32(18-20-33)28(23-9-5-3-6-10-23)24-11-7-4-8-12-24/h3-16,22,28,31H,2,17-20H2,1H3/b25-22-. The van der Waals surface area contributed by atoms with Gasteiger partial charge < -0.3 is 10.1 Å². The molecule has 0 spiro atoms. The van der Waals surface area contributed by atoms with Crippen LogP contribution in [0.4, 0.5) is 5.69 Å². The molecule has 196 valence electrons. The Kier molecular flexibility index (Phi) is 8.92. The molecule has 3 aromatic rings. The molecule has 8 nitrogen and oxygen atoms in total. The van der Waals surface area contributed by atoms with Gasteiger partial charge in [-0.1, -0.05) is 60.7 Å². The summed E-state index contributed by atoms with van der Waals surface area (Å²) in [5, 5.41) is 12.0. The first kappa shape index (κ1) is 27.1. The number of sulfonamides is 1. The zero-order valence-corrected chi connectivity index (χ0v) is 22.0. The summed E-state index contributed by atoms with van der Waals surface area (Å²) in [6.07, 6.45) is 1.25. The van der Waals surface area contributed by atoms with Crippen LogP contribution in [0.3, 0.4) is 0 Å². The zero-order valence-electron chi connectivity index (χ0n) is 21.2. The lowest BCUT2D eigenvalue weighted by atomic mass is 9.96. The smallest absolute Gasteiger partial charge is 0.350 e. The Balaban J connectivity index is 1.44. The fraction of sp³-hybridized carbons (Fsp3) is 0.241. The Morgan fingerprint density at radius 2 is 1.50 bits per heavy atom. The Morgan fingerprint density at radius 1 is 0.947 bits per heavy atom.